The van der Waals surface area contributed by atoms with Gasteiger partial charge in [-0.3, -0.25) is 4.79 Å². The van der Waals surface area contributed by atoms with E-state index in [1.807, 2.05) is 55.4 Å². The summed E-state index contributed by atoms with van der Waals surface area (Å²) in [4.78, 5) is 24.6. The van der Waals surface area contributed by atoms with Gasteiger partial charge in [-0.05, 0) is 62.6 Å². The lowest BCUT2D eigenvalue weighted by molar-refractivity contribution is -0.129. The number of aromatic nitrogens is 5. The number of halogens is 3. The number of hydrogen-bond donors (Lipinski definition) is 0. The van der Waals surface area contributed by atoms with Gasteiger partial charge in [-0.1, -0.05) is 18.2 Å². The van der Waals surface area contributed by atoms with Crippen molar-refractivity contribution in [3.63, 3.8) is 0 Å². The van der Waals surface area contributed by atoms with Crippen molar-refractivity contribution in [2.24, 2.45) is 5.92 Å². The van der Waals surface area contributed by atoms with E-state index in [0.29, 0.717) is 51.7 Å². The fourth-order valence-electron chi connectivity index (χ4n) is 6.18. The molecule has 1 amide bonds. The molecule has 4 heterocycles. The van der Waals surface area contributed by atoms with Crippen LogP contribution in [0.5, 0.6) is 11.6 Å². The Kier molecular flexibility index (Phi) is 7.37. The number of hydrogen-bond acceptors (Lipinski definition) is 6. The van der Waals surface area contributed by atoms with Gasteiger partial charge in [0.15, 0.2) is 0 Å². The average molecular weight is 619 g/mol. The fraction of sp³-hybridized carbons (Fsp3) is 0.394. The molecule has 0 N–H and O–H groups in total. The van der Waals surface area contributed by atoms with E-state index in [2.05, 4.69) is 14.6 Å². The van der Waals surface area contributed by atoms with Crippen molar-refractivity contribution in [1.82, 2.24) is 29.2 Å². The quantitative estimate of drug-likeness (QED) is 0.169. The number of rotatable bonds is 10. The first-order chi connectivity index (χ1) is 21.7. The largest absolute Gasteiger partial charge is 0.497 e. The first-order valence-corrected chi connectivity index (χ1v) is 15.1. The number of imidazole rings is 1. The summed E-state index contributed by atoms with van der Waals surface area (Å²) >= 11 is 0. The van der Waals surface area contributed by atoms with Crippen LogP contribution in [0.1, 0.15) is 57.1 Å². The summed E-state index contributed by atoms with van der Waals surface area (Å²) in [6.07, 6.45) is -0.418. The predicted molar refractivity (Wildman–Crippen MR) is 162 cm³/mol. The van der Waals surface area contributed by atoms with Gasteiger partial charge in [0.1, 0.15) is 17.4 Å². The number of nitrogens with zero attached hydrogens (tertiary/aromatic N) is 6. The Morgan fingerprint density at radius 1 is 1.02 bits per heavy atom. The van der Waals surface area contributed by atoms with Gasteiger partial charge in [-0.15, -0.1) is 0 Å². The van der Waals surface area contributed by atoms with Gasteiger partial charge in [0, 0.05) is 35.9 Å². The molecule has 5 aromatic rings. The molecule has 7 rings (SSSR count). The summed E-state index contributed by atoms with van der Waals surface area (Å²) in [6, 6.07) is 14.9. The minimum absolute atomic E-state index is 0.0540. The number of alkyl halides is 3. The number of likely N-dealkylation sites (tertiary alicyclic amines) is 1. The van der Waals surface area contributed by atoms with E-state index in [1.165, 1.54) is 6.20 Å². The zero-order valence-electron chi connectivity index (χ0n) is 25.1. The van der Waals surface area contributed by atoms with Crippen molar-refractivity contribution in [2.45, 2.75) is 64.0 Å². The van der Waals surface area contributed by atoms with Crippen molar-refractivity contribution in [3.8, 4) is 22.9 Å². The Morgan fingerprint density at radius 2 is 1.80 bits per heavy atom. The second-order valence-corrected chi connectivity index (χ2v) is 11.9. The van der Waals surface area contributed by atoms with Crippen LogP contribution in [0, 0.1) is 5.92 Å². The van der Waals surface area contributed by atoms with E-state index in [9.17, 15) is 18.0 Å². The van der Waals surface area contributed by atoms with Gasteiger partial charge < -0.3 is 18.9 Å². The number of ether oxygens (including phenoxy) is 2. The maximum atomic E-state index is 14.1. The lowest BCUT2D eigenvalue weighted by Crippen LogP contribution is -2.31. The Balaban J connectivity index is 1.17. The van der Waals surface area contributed by atoms with Gasteiger partial charge in [0.2, 0.25) is 11.8 Å². The highest BCUT2D eigenvalue weighted by Crippen LogP contribution is 2.41. The number of fused-ring (bicyclic) bond motifs is 2. The van der Waals surface area contributed by atoms with Crippen LogP contribution in [0.4, 0.5) is 13.2 Å². The highest BCUT2D eigenvalue weighted by atomic mass is 19.3. The molecule has 0 radical (unpaired) electrons. The maximum Gasteiger partial charge on any atom is 0.289 e. The van der Waals surface area contributed by atoms with Gasteiger partial charge in [-0.25, -0.2) is 27.8 Å². The molecule has 2 fully saturated rings. The van der Waals surface area contributed by atoms with Crippen LogP contribution in [0.2, 0.25) is 0 Å². The summed E-state index contributed by atoms with van der Waals surface area (Å²) in [6.45, 7) is 4.54. The molecule has 9 nitrogen and oxygen atoms in total. The van der Waals surface area contributed by atoms with Crippen LogP contribution in [0.3, 0.4) is 0 Å². The molecule has 0 spiro atoms. The van der Waals surface area contributed by atoms with Crippen molar-refractivity contribution in [1.29, 1.82) is 0 Å². The monoisotopic (exact) mass is 618 g/mol. The van der Waals surface area contributed by atoms with Crippen LogP contribution < -0.4 is 9.47 Å². The standard InChI is InChI=1S/C33H33F3N6O3/c1-18(20-4-9-25(44-3)10-5-20)40-16-23(13-29(40)43)19(2)45-33-30-27(37-17-41(30)24-7-8-24)14-26(39-33)21-6-11-28-22(12-21)15-38-42(28)32(36)31(34)35/h4-6,9-12,14-15,17-19,23-24,31-32H,7-8,13,16H2,1-3H3/t18-,19-,23-,32?/m1/s1. The molecule has 3 aromatic heterocycles. The van der Waals surface area contributed by atoms with E-state index in [-0.39, 0.29) is 29.5 Å². The highest BCUT2D eigenvalue weighted by molar-refractivity contribution is 5.88. The van der Waals surface area contributed by atoms with Gasteiger partial charge in [-0.2, -0.15) is 5.10 Å². The molecule has 1 aliphatic heterocycles. The second kappa shape index (κ2) is 11.4. The zero-order valence-corrected chi connectivity index (χ0v) is 25.1. The minimum atomic E-state index is -3.19. The lowest BCUT2D eigenvalue weighted by Gasteiger charge is -2.27. The summed E-state index contributed by atoms with van der Waals surface area (Å²) < 4.78 is 54.8. The first kappa shape index (κ1) is 29.1. The van der Waals surface area contributed by atoms with Crippen molar-refractivity contribution < 1.29 is 27.4 Å². The SMILES string of the molecule is COc1ccc([C@@H](C)N2C[C@H]([C@@H](C)Oc3nc(-c4ccc5c(cnn5C(F)C(F)F)c4)cc4ncn(C5CC5)c34)CC2=O)cc1. The van der Waals surface area contributed by atoms with E-state index in [0.717, 1.165) is 29.7 Å². The molecule has 0 bridgehead atoms. The number of methoxy groups -OCH3 is 1. The van der Waals surface area contributed by atoms with Crippen LogP contribution in [0.25, 0.3) is 33.2 Å². The Morgan fingerprint density at radius 3 is 2.51 bits per heavy atom. The molecular formula is C33H33F3N6O3. The normalized spacial score (nSPS) is 19.0. The molecule has 4 atom stereocenters. The van der Waals surface area contributed by atoms with Crippen LogP contribution >= 0.6 is 0 Å². The number of amides is 1. The van der Waals surface area contributed by atoms with Gasteiger partial charge in [0.05, 0.1) is 42.4 Å². The molecule has 1 saturated carbocycles. The van der Waals surface area contributed by atoms with Crippen molar-refractivity contribution >= 4 is 27.8 Å². The third-order valence-electron chi connectivity index (χ3n) is 9.01. The van der Waals surface area contributed by atoms with Gasteiger partial charge in [0.25, 0.3) is 12.7 Å². The average Bonchev–Trinajstić information content (AvgIpc) is 3.46. The second-order valence-electron chi connectivity index (χ2n) is 11.9. The lowest BCUT2D eigenvalue weighted by atomic mass is 10.0. The van der Waals surface area contributed by atoms with E-state index in [1.54, 1.807) is 25.3 Å². The third kappa shape index (κ3) is 5.36. The fourth-order valence-corrected chi connectivity index (χ4v) is 6.18. The van der Waals surface area contributed by atoms with E-state index < -0.39 is 12.7 Å². The molecule has 1 unspecified atom stereocenters. The summed E-state index contributed by atoms with van der Waals surface area (Å²) in [5, 5.41) is 4.35. The van der Waals surface area contributed by atoms with Crippen LogP contribution in [0.15, 0.2) is 61.1 Å². The van der Waals surface area contributed by atoms with Crippen molar-refractivity contribution in [3.05, 3.63) is 66.6 Å². The molecular weight excluding hydrogens is 585 g/mol. The Bertz CT molecular complexity index is 1870. The van der Waals surface area contributed by atoms with Crippen LogP contribution in [-0.4, -0.2) is 61.3 Å². The first-order valence-electron chi connectivity index (χ1n) is 15.1. The van der Waals surface area contributed by atoms with Crippen molar-refractivity contribution in [2.75, 3.05) is 13.7 Å². The number of carbonyl (C=O) groups excluding carboxylic acids is 1. The number of carbonyl (C=O) groups is 1. The molecule has 1 saturated heterocycles. The molecule has 45 heavy (non-hydrogen) atoms. The summed E-state index contributed by atoms with van der Waals surface area (Å²) in [5.41, 5.74) is 4.06. The van der Waals surface area contributed by atoms with E-state index in [4.69, 9.17) is 14.5 Å². The third-order valence-corrected chi connectivity index (χ3v) is 9.01. The molecule has 2 aliphatic rings. The maximum absolute atomic E-state index is 14.1. The number of pyridine rings is 1. The summed E-state index contributed by atoms with van der Waals surface area (Å²) in [7, 11) is 1.62. The Labute approximate surface area is 257 Å². The molecule has 1 aliphatic carbocycles. The van der Waals surface area contributed by atoms with Gasteiger partial charge >= 0.3 is 0 Å². The zero-order chi connectivity index (χ0) is 31.4. The molecule has 2 aromatic carbocycles. The number of benzene rings is 2. The molecule has 12 heteroatoms. The van der Waals surface area contributed by atoms with Crippen LogP contribution in [-0.2, 0) is 4.79 Å². The Hall–Kier alpha value is -4.61. The topological polar surface area (TPSA) is 87.3 Å². The molecule has 234 valence electrons. The summed E-state index contributed by atoms with van der Waals surface area (Å²) in [5.74, 6) is 1.21. The minimum Gasteiger partial charge on any atom is -0.497 e. The highest BCUT2D eigenvalue weighted by Gasteiger charge is 2.38. The van der Waals surface area contributed by atoms with E-state index >= 15 is 0 Å². The smallest absolute Gasteiger partial charge is 0.289 e. The predicted octanol–water partition coefficient (Wildman–Crippen LogP) is 6.90.